The lowest BCUT2D eigenvalue weighted by atomic mass is 9.77. The van der Waals surface area contributed by atoms with Crippen LogP contribution in [0.25, 0.3) is 6.08 Å². The minimum Gasteiger partial charge on any atom is -0.507 e. The Hall–Kier alpha value is -2.26. The van der Waals surface area contributed by atoms with E-state index in [9.17, 15) is 5.11 Å². The van der Waals surface area contributed by atoms with Crippen LogP contribution in [0.15, 0.2) is 42.5 Å². The largest absolute Gasteiger partial charge is 0.507 e. The summed E-state index contributed by atoms with van der Waals surface area (Å²) in [6, 6.07) is 12.0. The highest BCUT2D eigenvalue weighted by atomic mass is 35.5. The lowest BCUT2D eigenvalue weighted by Crippen LogP contribution is -2.29. The smallest absolute Gasteiger partial charge is 0.209 e. The van der Waals surface area contributed by atoms with Gasteiger partial charge < -0.3 is 10.0 Å². The zero-order valence-electron chi connectivity index (χ0n) is 17.5. The number of phenolic OH excluding ortho intramolecular Hbond substituents is 1. The van der Waals surface area contributed by atoms with Crippen molar-refractivity contribution < 1.29 is 9.68 Å². The number of halogens is 1. The van der Waals surface area contributed by atoms with Gasteiger partial charge in [-0.15, -0.1) is 0 Å². The third-order valence-corrected chi connectivity index (χ3v) is 6.35. The maximum Gasteiger partial charge on any atom is 0.209 e. The molecule has 2 aromatic carbocycles. The molecule has 1 heterocycles. The topological polar surface area (TPSA) is 26.5 Å². The third kappa shape index (κ3) is 3.44. The molecule has 1 N–H and O–H groups in total. The fraction of sp³-hybridized carbons (Fsp3) is 0.375. The molecule has 3 rings (SSSR count). The van der Waals surface area contributed by atoms with Gasteiger partial charge >= 0.3 is 0 Å². The molecule has 0 saturated heterocycles. The van der Waals surface area contributed by atoms with Crippen LogP contribution in [0, 0.1) is 0 Å². The summed E-state index contributed by atoms with van der Waals surface area (Å²) in [6.45, 7) is 10.5. The van der Waals surface area contributed by atoms with Gasteiger partial charge in [-0.1, -0.05) is 18.5 Å². The number of nitrogens with zero attached hydrogens (tertiary/aromatic N) is 2. The Labute approximate surface area is 173 Å². The van der Waals surface area contributed by atoms with Crippen molar-refractivity contribution in [1.29, 1.82) is 0 Å². The number of fused-ring (bicyclic) bond motifs is 1. The SMILES string of the molecule is CCN(CC)c1ccc(/C=C/C2=[N+](C)c3ccc(Cl)cc3C2(C)CC)c(O)c1. The Morgan fingerprint density at radius 2 is 1.79 bits per heavy atom. The summed E-state index contributed by atoms with van der Waals surface area (Å²) in [5, 5.41) is 11.3. The van der Waals surface area contributed by atoms with Crippen LogP contribution in [0.4, 0.5) is 11.4 Å². The number of rotatable bonds is 6. The van der Waals surface area contributed by atoms with E-state index in [0.717, 1.165) is 35.8 Å². The molecule has 1 aliphatic rings. The highest BCUT2D eigenvalue weighted by Crippen LogP contribution is 2.43. The van der Waals surface area contributed by atoms with E-state index < -0.39 is 0 Å². The minimum atomic E-state index is -0.109. The van der Waals surface area contributed by atoms with Gasteiger partial charge in [-0.2, -0.15) is 4.58 Å². The summed E-state index contributed by atoms with van der Waals surface area (Å²) in [6.07, 6.45) is 5.11. The first-order valence-electron chi connectivity index (χ1n) is 10.0. The molecule has 3 nitrogen and oxygen atoms in total. The highest BCUT2D eigenvalue weighted by Gasteiger charge is 2.45. The number of hydrogen-bond donors (Lipinski definition) is 1. The van der Waals surface area contributed by atoms with Crippen molar-refractivity contribution in [3.8, 4) is 5.75 Å². The van der Waals surface area contributed by atoms with Gasteiger partial charge in [0.25, 0.3) is 0 Å². The van der Waals surface area contributed by atoms with Crippen LogP contribution in [0.2, 0.25) is 5.02 Å². The molecule has 1 atom stereocenters. The summed E-state index contributed by atoms with van der Waals surface area (Å²) < 4.78 is 2.23. The average molecular weight is 398 g/mol. The van der Waals surface area contributed by atoms with Crippen molar-refractivity contribution in [2.75, 3.05) is 25.0 Å². The highest BCUT2D eigenvalue weighted by molar-refractivity contribution is 6.30. The van der Waals surface area contributed by atoms with E-state index >= 15 is 0 Å². The Balaban J connectivity index is 1.97. The normalized spacial score (nSPS) is 18.8. The Bertz CT molecular complexity index is 944. The van der Waals surface area contributed by atoms with Crippen molar-refractivity contribution in [1.82, 2.24) is 0 Å². The number of aromatic hydroxyl groups is 1. The van der Waals surface area contributed by atoms with E-state index in [1.165, 1.54) is 17.0 Å². The van der Waals surface area contributed by atoms with Gasteiger partial charge in [-0.25, -0.2) is 0 Å². The van der Waals surface area contributed by atoms with Gasteiger partial charge in [0, 0.05) is 53.1 Å². The number of hydrogen-bond acceptors (Lipinski definition) is 2. The second-order valence-electron chi connectivity index (χ2n) is 7.54. The fourth-order valence-electron chi connectivity index (χ4n) is 4.18. The van der Waals surface area contributed by atoms with Crippen LogP contribution in [0.3, 0.4) is 0 Å². The van der Waals surface area contributed by atoms with E-state index in [4.69, 9.17) is 11.6 Å². The fourth-order valence-corrected chi connectivity index (χ4v) is 4.35. The molecule has 0 saturated carbocycles. The maximum absolute atomic E-state index is 10.6. The van der Waals surface area contributed by atoms with Crippen LogP contribution in [-0.2, 0) is 5.41 Å². The predicted molar refractivity (Wildman–Crippen MR) is 121 cm³/mol. The monoisotopic (exact) mass is 397 g/mol. The molecule has 148 valence electrons. The van der Waals surface area contributed by atoms with E-state index in [2.05, 4.69) is 68.5 Å². The summed E-state index contributed by atoms with van der Waals surface area (Å²) in [5.74, 6) is 0.306. The van der Waals surface area contributed by atoms with E-state index in [1.54, 1.807) is 0 Å². The Kier molecular flexibility index (Phi) is 5.85. The molecule has 0 aliphatic carbocycles. The van der Waals surface area contributed by atoms with Gasteiger partial charge in [0.2, 0.25) is 5.69 Å². The zero-order valence-corrected chi connectivity index (χ0v) is 18.2. The van der Waals surface area contributed by atoms with Crippen LogP contribution >= 0.6 is 11.6 Å². The molecule has 0 radical (unpaired) electrons. The second-order valence-corrected chi connectivity index (χ2v) is 7.98. The second kappa shape index (κ2) is 8.00. The summed E-state index contributed by atoms with van der Waals surface area (Å²) in [4.78, 5) is 2.22. The van der Waals surface area contributed by atoms with E-state index in [-0.39, 0.29) is 5.41 Å². The van der Waals surface area contributed by atoms with Crippen molar-refractivity contribution in [2.24, 2.45) is 0 Å². The van der Waals surface area contributed by atoms with Gasteiger partial charge in [0.15, 0.2) is 5.71 Å². The number of phenols is 1. The molecule has 28 heavy (non-hydrogen) atoms. The van der Waals surface area contributed by atoms with Crippen molar-refractivity contribution in [3.05, 3.63) is 58.6 Å². The number of benzene rings is 2. The number of allylic oxidation sites excluding steroid dienone is 1. The standard InChI is InChI=1S/C24H29ClN2O/c1-6-24(4)20-15-18(25)11-13-21(20)26(5)23(24)14-10-17-9-12-19(16-22(17)28)27(7-2)8-3/h9-16H,6-8H2,1-5H3/p+1. The first kappa shape index (κ1) is 20.5. The van der Waals surface area contributed by atoms with Crippen LogP contribution < -0.4 is 4.90 Å². The molecule has 1 unspecified atom stereocenters. The zero-order chi connectivity index (χ0) is 20.5. The summed E-state index contributed by atoms with van der Waals surface area (Å²) >= 11 is 6.28. The first-order chi connectivity index (χ1) is 13.3. The summed E-state index contributed by atoms with van der Waals surface area (Å²) in [7, 11) is 2.09. The molecule has 0 spiro atoms. The quantitative estimate of drug-likeness (QED) is 0.605. The molecule has 0 fully saturated rings. The van der Waals surface area contributed by atoms with Crippen molar-refractivity contribution >= 4 is 34.8 Å². The summed E-state index contributed by atoms with van der Waals surface area (Å²) in [5.41, 5.74) is 5.41. The van der Waals surface area contributed by atoms with Gasteiger partial charge in [-0.05, 0) is 57.5 Å². The molecule has 0 amide bonds. The molecule has 1 aliphatic heterocycles. The molecule has 4 heteroatoms. The molecule has 0 aromatic heterocycles. The molecule has 2 aromatic rings. The van der Waals surface area contributed by atoms with Gasteiger partial charge in [0.05, 0.1) is 5.41 Å². The maximum atomic E-state index is 10.6. The minimum absolute atomic E-state index is 0.109. The first-order valence-corrected chi connectivity index (χ1v) is 10.4. The van der Waals surface area contributed by atoms with Crippen LogP contribution in [0.5, 0.6) is 5.75 Å². The Morgan fingerprint density at radius 3 is 2.39 bits per heavy atom. The average Bonchev–Trinajstić information content (AvgIpc) is 2.89. The molecule has 0 bridgehead atoms. The molecular formula is C24H30ClN2O+. The lowest BCUT2D eigenvalue weighted by molar-refractivity contribution is -0.401. The Morgan fingerprint density at radius 1 is 1.07 bits per heavy atom. The van der Waals surface area contributed by atoms with E-state index in [0.29, 0.717) is 5.75 Å². The van der Waals surface area contributed by atoms with Crippen LogP contribution in [-0.4, -0.2) is 35.5 Å². The molecular weight excluding hydrogens is 368 g/mol. The van der Waals surface area contributed by atoms with Crippen molar-refractivity contribution in [3.63, 3.8) is 0 Å². The predicted octanol–water partition coefficient (Wildman–Crippen LogP) is 6.00. The van der Waals surface area contributed by atoms with Crippen molar-refractivity contribution in [2.45, 2.75) is 39.5 Å². The number of anilines is 1. The third-order valence-electron chi connectivity index (χ3n) is 6.11. The lowest BCUT2D eigenvalue weighted by Gasteiger charge is -2.21. The van der Waals surface area contributed by atoms with E-state index in [1.807, 2.05) is 24.3 Å². The van der Waals surface area contributed by atoms with Gasteiger partial charge in [-0.3, -0.25) is 0 Å². The van der Waals surface area contributed by atoms with Crippen LogP contribution in [0.1, 0.15) is 45.2 Å². The van der Waals surface area contributed by atoms with Gasteiger partial charge in [0.1, 0.15) is 12.8 Å².